The number of hydrogen-bond acceptors (Lipinski definition) is 5. The summed E-state index contributed by atoms with van der Waals surface area (Å²) in [4.78, 5) is 24.6. The van der Waals surface area contributed by atoms with Gasteiger partial charge in [-0.25, -0.2) is 0 Å². The summed E-state index contributed by atoms with van der Waals surface area (Å²) in [6.45, 7) is 4.17. The molecule has 74 heavy (non-hydrogen) atoms. The van der Waals surface area contributed by atoms with E-state index in [1.807, 2.05) is 0 Å². The average molecular weight is 1040 g/mol. The monoisotopic (exact) mass is 1040 g/mol. The van der Waals surface area contributed by atoms with E-state index in [0.29, 0.717) is 12.8 Å². The van der Waals surface area contributed by atoms with Crippen LogP contribution in [0.25, 0.3) is 0 Å². The Hall–Kier alpha value is -2.14. The van der Waals surface area contributed by atoms with Crippen molar-refractivity contribution in [3.05, 3.63) is 48.6 Å². The van der Waals surface area contributed by atoms with Gasteiger partial charge in [-0.3, -0.25) is 9.59 Å². The normalized spacial score (nSPS) is 12.4. The van der Waals surface area contributed by atoms with Gasteiger partial charge in [0.25, 0.3) is 0 Å². The molecule has 0 aromatic rings. The molecule has 0 aromatic carbocycles. The molecule has 1 atom stereocenters. The summed E-state index contributed by atoms with van der Waals surface area (Å²) in [5.41, 5.74) is 0. The maximum Gasteiger partial charge on any atom is 0.306 e. The zero-order valence-electron chi connectivity index (χ0n) is 49.9. The maximum absolute atomic E-state index is 12.3. The number of hydrogen-bond donors (Lipinski definition) is 1. The van der Waals surface area contributed by atoms with Crippen molar-refractivity contribution in [2.45, 2.75) is 367 Å². The fraction of sp³-hybridized carbons (Fsp3) is 0.855. The van der Waals surface area contributed by atoms with E-state index in [9.17, 15) is 14.7 Å². The molecule has 0 spiro atoms. The first-order valence-electron chi connectivity index (χ1n) is 33.2. The highest BCUT2D eigenvalue weighted by molar-refractivity contribution is 5.70. The van der Waals surface area contributed by atoms with Crippen LogP contribution in [0, 0.1) is 0 Å². The molecule has 0 aromatic heterocycles. The molecule has 0 saturated carbocycles. The van der Waals surface area contributed by atoms with Crippen LogP contribution in [-0.2, 0) is 19.1 Å². The second kappa shape index (κ2) is 65.1. The van der Waals surface area contributed by atoms with Gasteiger partial charge in [0, 0.05) is 12.8 Å². The molecule has 0 aliphatic heterocycles. The van der Waals surface area contributed by atoms with E-state index in [1.165, 1.54) is 283 Å². The van der Waals surface area contributed by atoms with Crippen LogP contribution in [0.5, 0.6) is 0 Å². The van der Waals surface area contributed by atoms with Gasteiger partial charge in [0.15, 0.2) is 6.10 Å². The minimum Gasteiger partial charge on any atom is -0.462 e. The lowest BCUT2D eigenvalue weighted by Crippen LogP contribution is -2.28. The molecule has 5 heteroatoms. The highest BCUT2D eigenvalue weighted by Gasteiger charge is 2.16. The van der Waals surface area contributed by atoms with Crippen LogP contribution in [0.2, 0.25) is 0 Å². The third-order valence-electron chi connectivity index (χ3n) is 15.1. The minimum atomic E-state index is -0.771. The van der Waals surface area contributed by atoms with Crippen LogP contribution in [0.15, 0.2) is 48.6 Å². The highest BCUT2D eigenvalue weighted by atomic mass is 16.6. The van der Waals surface area contributed by atoms with Gasteiger partial charge >= 0.3 is 11.9 Å². The molecule has 1 N–H and O–H groups in total. The van der Waals surface area contributed by atoms with Gasteiger partial charge in [0.1, 0.15) is 6.61 Å². The van der Waals surface area contributed by atoms with Crippen LogP contribution in [0.4, 0.5) is 0 Å². The number of unbranched alkanes of at least 4 members (excludes halogenated alkanes) is 46. The first-order valence-corrected chi connectivity index (χ1v) is 33.2. The van der Waals surface area contributed by atoms with E-state index in [1.54, 1.807) is 0 Å². The standard InChI is InChI=1S/C69H128O5/c1-3-5-7-9-11-13-15-17-19-21-23-24-25-26-27-28-29-30-31-32-33-34-35-36-37-38-39-40-41-42-43-44-46-48-50-52-54-56-58-60-62-64-69(72)74-67(65-70)66-73-68(71)63-61-59-57-55-53-51-49-47-45-22-20-18-16-14-12-10-8-6-4-2/h15,17-18,20-21,23,25-26,67,70H,3-14,16,19,22,24,27-66H2,1-2H3/b17-15-,20-18-,23-21-,26-25-. The van der Waals surface area contributed by atoms with Gasteiger partial charge in [-0.1, -0.05) is 319 Å². The van der Waals surface area contributed by atoms with Gasteiger partial charge in [-0.05, 0) is 77.0 Å². The molecule has 5 nitrogen and oxygen atoms in total. The van der Waals surface area contributed by atoms with Crippen molar-refractivity contribution in [2.75, 3.05) is 13.2 Å². The van der Waals surface area contributed by atoms with Crippen LogP contribution >= 0.6 is 0 Å². The van der Waals surface area contributed by atoms with Crippen molar-refractivity contribution in [1.82, 2.24) is 0 Å². The average Bonchev–Trinajstić information content (AvgIpc) is 3.40. The Morgan fingerprint density at radius 1 is 0.311 bits per heavy atom. The summed E-state index contributed by atoms with van der Waals surface area (Å²) in [7, 11) is 0. The lowest BCUT2D eigenvalue weighted by Gasteiger charge is -2.15. The van der Waals surface area contributed by atoms with Crippen LogP contribution in [-0.4, -0.2) is 36.4 Å². The smallest absolute Gasteiger partial charge is 0.306 e. The number of carbonyl (C=O) groups excluding carboxylic acids is 2. The Bertz CT molecular complexity index is 1220. The second-order valence-corrected chi connectivity index (χ2v) is 22.5. The van der Waals surface area contributed by atoms with Crippen molar-refractivity contribution in [3.63, 3.8) is 0 Å². The Morgan fingerprint density at radius 3 is 0.824 bits per heavy atom. The summed E-state index contributed by atoms with van der Waals surface area (Å²) >= 11 is 0. The van der Waals surface area contributed by atoms with E-state index in [-0.39, 0.29) is 25.2 Å². The van der Waals surface area contributed by atoms with Gasteiger partial charge in [0.2, 0.25) is 0 Å². The molecule has 0 heterocycles. The molecule has 0 bridgehead atoms. The number of aliphatic hydroxyl groups is 1. The van der Waals surface area contributed by atoms with E-state index in [0.717, 1.165) is 51.4 Å². The zero-order chi connectivity index (χ0) is 53.4. The van der Waals surface area contributed by atoms with Crippen molar-refractivity contribution in [1.29, 1.82) is 0 Å². The second-order valence-electron chi connectivity index (χ2n) is 22.5. The van der Waals surface area contributed by atoms with Gasteiger partial charge in [-0.15, -0.1) is 0 Å². The Balaban J connectivity index is 3.38. The molecule has 1 unspecified atom stereocenters. The van der Waals surface area contributed by atoms with Gasteiger partial charge in [0.05, 0.1) is 6.61 Å². The lowest BCUT2D eigenvalue weighted by atomic mass is 10.0. The number of carbonyl (C=O) groups is 2. The zero-order valence-corrected chi connectivity index (χ0v) is 49.9. The lowest BCUT2D eigenvalue weighted by molar-refractivity contribution is -0.161. The molecule has 0 aliphatic carbocycles. The molecule has 434 valence electrons. The topological polar surface area (TPSA) is 72.8 Å². The maximum atomic E-state index is 12.3. The third-order valence-corrected chi connectivity index (χ3v) is 15.1. The molecule has 0 radical (unpaired) electrons. The van der Waals surface area contributed by atoms with Crippen LogP contribution in [0.1, 0.15) is 361 Å². The summed E-state index contributed by atoms with van der Waals surface area (Å²) in [5.74, 6) is -0.574. The van der Waals surface area contributed by atoms with Gasteiger partial charge in [-0.2, -0.15) is 0 Å². The molecule has 0 saturated heterocycles. The number of ether oxygens (including phenoxy) is 2. The predicted octanol–water partition coefficient (Wildman–Crippen LogP) is 22.8. The quantitative estimate of drug-likeness (QED) is 0.0373. The Labute approximate surface area is 462 Å². The van der Waals surface area contributed by atoms with Gasteiger partial charge < -0.3 is 14.6 Å². The molecule has 0 aliphatic rings. The number of aliphatic hydroxyl groups excluding tert-OH is 1. The summed E-state index contributed by atoms with van der Waals surface area (Å²) < 4.78 is 10.7. The Kier molecular flexibility index (Phi) is 63.3. The van der Waals surface area contributed by atoms with Crippen LogP contribution < -0.4 is 0 Å². The van der Waals surface area contributed by atoms with E-state index in [4.69, 9.17) is 9.47 Å². The largest absolute Gasteiger partial charge is 0.462 e. The van der Waals surface area contributed by atoms with Crippen LogP contribution in [0.3, 0.4) is 0 Å². The van der Waals surface area contributed by atoms with E-state index >= 15 is 0 Å². The Morgan fingerprint density at radius 2 is 0.541 bits per heavy atom. The number of esters is 2. The first-order chi connectivity index (χ1) is 36.6. The minimum absolute atomic E-state index is 0.0620. The number of allylic oxidation sites excluding steroid dienone is 8. The summed E-state index contributed by atoms with van der Waals surface area (Å²) in [5, 5.41) is 9.67. The fourth-order valence-electron chi connectivity index (χ4n) is 10.1. The summed E-state index contributed by atoms with van der Waals surface area (Å²) in [6, 6.07) is 0. The molecular formula is C69H128O5. The van der Waals surface area contributed by atoms with E-state index < -0.39 is 6.10 Å². The SMILES string of the molecule is CCCCCCC/C=C\C/C=C\C/C=C\CCCCCCCCCCCCCCCCCCCCCCCCCCCCC(=O)OC(CO)COC(=O)CCCCCCCCCCC/C=C\CCCCCCCC. The molecule has 0 rings (SSSR count). The summed E-state index contributed by atoms with van der Waals surface area (Å²) in [6.07, 6.45) is 87.1. The molecule has 0 amide bonds. The number of rotatable bonds is 62. The first kappa shape index (κ1) is 71.9. The fourth-order valence-corrected chi connectivity index (χ4v) is 10.1. The molecule has 0 fully saturated rings. The molecular weight excluding hydrogens is 909 g/mol. The van der Waals surface area contributed by atoms with Crippen molar-refractivity contribution < 1.29 is 24.2 Å². The third kappa shape index (κ3) is 62.4. The highest BCUT2D eigenvalue weighted by Crippen LogP contribution is 2.18. The van der Waals surface area contributed by atoms with Crippen molar-refractivity contribution >= 4 is 11.9 Å². The predicted molar refractivity (Wildman–Crippen MR) is 325 cm³/mol. The van der Waals surface area contributed by atoms with Crippen molar-refractivity contribution in [3.8, 4) is 0 Å². The van der Waals surface area contributed by atoms with E-state index in [2.05, 4.69) is 62.5 Å². The van der Waals surface area contributed by atoms with Crippen molar-refractivity contribution in [2.24, 2.45) is 0 Å².